The summed E-state index contributed by atoms with van der Waals surface area (Å²) in [5.74, 6) is -0.138. The zero-order valence-corrected chi connectivity index (χ0v) is 13.9. The predicted octanol–water partition coefficient (Wildman–Crippen LogP) is 2.61. The minimum atomic E-state index is -0.439. The Labute approximate surface area is 128 Å². The molecule has 1 aliphatic heterocycles. The van der Waals surface area contributed by atoms with Crippen LogP contribution in [-0.4, -0.2) is 47.2 Å². The number of esters is 1. The standard InChI is InChI=1S/C13H22INO4/c1-4-18-11(16)13(9-14)5-7-15(8-6-13)12(17)19-10(2)3/h10H,4-9H2,1-3H3. The smallest absolute Gasteiger partial charge is 0.410 e. The molecule has 0 bridgehead atoms. The highest BCUT2D eigenvalue weighted by molar-refractivity contribution is 14.1. The Morgan fingerprint density at radius 2 is 1.89 bits per heavy atom. The van der Waals surface area contributed by atoms with Gasteiger partial charge in [0.05, 0.1) is 18.1 Å². The van der Waals surface area contributed by atoms with Crippen LogP contribution in [0.4, 0.5) is 4.79 Å². The van der Waals surface area contributed by atoms with Crippen LogP contribution in [0.5, 0.6) is 0 Å². The number of carbonyl (C=O) groups excluding carboxylic acids is 2. The van der Waals surface area contributed by atoms with Gasteiger partial charge in [-0.1, -0.05) is 22.6 Å². The molecule has 0 saturated carbocycles. The highest BCUT2D eigenvalue weighted by Crippen LogP contribution is 2.35. The largest absolute Gasteiger partial charge is 0.466 e. The third-order valence-corrected chi connectivity index (χ3v) is 4.74. The number of hydrogen-bond donors (Lipinski definition) is 0. The molecule has 0 aromatic rings. The first-order valence-electron chi connectivity index (χ1n) is 6.64. The number of halogens is 1. The molecule has 110 valence electrons. The Bertz CT molecular complexity index is 325. The van der Waals surface area contributed by atoms with E-state index in [1.807, 2.05) is 20.8 Å². The van der Waals surface area contributed by atoms with Crippen LogP contribution in [-0.2, 0) is 14.3 Å². The van der Waals surface area contributed by atoms with E-state index in [0.29, 0.717) is 32.5 Å². The predicted molar refractivity (Wildman–Crippen MR) is 80.4 cm³/mol. The molecule has 0 atom stereocenters. The maximum Gasteiger partial charge on any atom is 0.410 e. The van der Waals surface area contributed by atoms with Crippen LogP contribution < -0.4 is 0 Å². The quantitative estimate of drug-likeness (QED) is 0.426. The molecule has 0 aliphatic carbocycles. The van der Waals surface area contributed by atoms with Crippen molar-refractivity contribution in [2.24, 2.45) is 5.41 Å². The van der Waals surface area contributed by atoms with Crippen molar-refractivity contribution in [2.75, 3.05) is 24.1 Å². The van der Waals surface area contributed by atoms with Crippen LogP contribution in [0.2, 0.25) is 0 Å². The minimum absolute atomic E-state index is 0.117. The van der Waals surface area contributed by atoms with E-state index < -0.39 is 5.41 Å². The van der Waals surface area contributed by atoms with Crippen LogP contribution in [0.25, 0.3) is 0 Å². The fraction of sp³-hybridized carbons (Fsp3) is 0.846. The van der Waals surface area contributed by atoms with E-state index in [-0.39, 0.29) is 18.2 Å². The van der Waals surface area contributed by atoms with Gasteiger partial charge in [-0.05, 0) is 33.6 Å². The summed E-state index contributed by atoms with van der Waals surface area (Å²) in [6.07, 6.45) is 0.874. The number of alkyl halides is 1. The first-order chi connectivity index (χ1) is 8.95. The molecule has 0 unspecified atom stereocenters. The fourth-order valence-corrected chi connectivity index (χ4v) is 3.14. The average Bonchev–Trinajstić information content (AvgIpc) is 2.38. The zero-order chi connectivity index (χ0) is 14.5. The molecule has 1 heterocycles. The summed E-state index contributed by atoms with van der Waals surface area (Å²) in [6, 6.07) is 0. The van der Waals surface area contributed by atoms with Crippen LogP contribution in [0, 0.1) is 5.41 Å². The van der Waals surface area contributed by atoms with E-state index in [9.17, 15) is 9.59 Å². The van der Waals surface area contributed by atoms with Gasteiger partial charge in [0.25, 0.3) is 0 Å². The summed E-state index contributed by atoms with van der Waals surface area (Å²) in [7, 11) is 0. The molecule has 1 saturated heterocycles. The second-order valence-corrected chi connectivity index (χ2v) is 5.82. The molecule has 1 rings (SSSR count). The lowest BCUT2D eigenvalue weighted by Crippen LogP contribution is -2.48. The normalized spacial score (nSPS) is 18.3. The Hall–Kier alpha value is -0.530. The number of piperidine rings is 1. The van der Waals surface area contributed by atoms with Crippen LogP contribution in [0.1, 0.15) is 33.6 Å². The van der Waals surface area contributed by atoms with Gasteiger partial charge in [-0.15, -0.1) is 0 Å². The van der Waals surface area contributed by atoms with Gasteiger partial charge < -0.3 is 14.4 Å². The molecule has 5 nitrogen and oxygen atoms in total. The Kier molecular flexibility index (Phi) is 6.35. The summed E-state index contributed by atoms with van der Waals surface area (Å²) in [5.41, 5.74) is -0.439. The third kappa shape index (κ3) is 4.22. The van der Waals surface area contributed by atoms with E-state index in [2.05, 4.69) is 22.6 Å². The van der Waals surface area contributed by atoms with Gasteiger partial charge in [0.2, 0.25) is 0 Å². The van der Waals surface area contributed by atoms with E-state index in [0.717, 1.165) is 4.43 Å². The maximum absolute atomic E-state index is 12.0. The van der Waals surface area contributed by atoms with Crippen molar-refractivity contribution in [3.05, 3.63) is 0 Å². The summed E-state index contributed by atoms with van der Waals surface area (Å²) in [6.45, 7) is 6.97. The lowest BCUT2D eigenvalue weighted by Gasteiger charge is -2.38. The number of carbonyl (C=O) groups is 2. The van der Waals surface area contributed by atoms with E-state index in [1.165, 1.54) is 0 Å². The van der Waals surface area contributed by atoms with E-state index >= 15 is 0 Å². The molecule has 1 amide bonds. The lowest BCUT2D eigenvalue weighted by atomic mass is 9.80. The van der Waals surface area contributed by atoms with Gasteiger partial charge in [-0.2, -0.15) is 0 Å². The Morgan fingerprint density at radius 1 is 1.32 bits per heavy atom. The van der Waals surface area contributed by atoms with Gasteiger partial charge in [0.15, 0.2) is 0 Å². The summed E-state index contributed by atoms with van der Waals surface area (Å²) < 4.78 is 11.0. The monoisotopic (exact) mass is 383 g/mol. The number of rotatable bonds is 4. The van der Waals surface area contributed by atoms with Gasteiger partial charge in [-0.3, -0.25) is 4.79 Å². The molecular formula is C13H22INO4. The molecule has 19 heavy (non-hydrogen) atoms. The number of amides is 1. The minimum Gasteiger partial charge on any atom is -0.466 e. The van der Waals surface area contributed by atoms with Gasteiger partial charge in [0.1, 0.15) is 0 Å². The molecule has 0 radical (unpaired) electrons. The summed E-state index contributed by atoms with van der Waals surface area (Å²) in [5, 5.41) is 0. The first-order valence-corrected chi connectivity index (χ1v) is 8.16. The molecular weight excluding hydrogens is 361 g/mol. The fourth-order valence-electron chi connectivity index (χ4n) is 2.07. The summed E-state index contributed by atoms with van der Waals surface area (Å²) in [4.78, 5) is 25.5. The molecule has 0 aromatic heterocycles. The number of ether oxygens (including phenoxy) is 2. The highest BCUT2D eigenvalue weighted by atomic mass is 127. The third-order valence-electron chi connectivity index (χ3n) is 3.28. The zero-order valence-electron chi connectivity index (χ0n) is 11.8. The second-order valence-electron chi connectivity index (χ2n) is 5.05. The maximum atomic E-state index is 12.0. The second kappa shape index (κ2) is 7.31. The van der Waals surface area contributed by atoms with Crippen molar-refractivity contribution in [2.45, 2.75) is 39.7 Å². The van der Waals surface area contributed by atoms with Crippen molar-refractivity contribution in [3.8, 4) is 0 Å². The SMILES string of the molecule is CCOC(=O)C1(CI)CCN(C(=O)OC(C)C)CC1. The molecule has 1 aliphatic rings. The Balaban J connectivity index is 2.59. The molecule has 6 heteroatoms. The summed E-state index contributed by atoms with van der Waals surface area (Å²) >= 11 is 2.22. The molecule has 1 fully saturated rings. The van der Waals surface area contributed by atoms with Crippen LogP contribution in [0.3, 0.4) is 0 Å². The van der Waals surface area contributed by atoms with Gasteiger partial charge in [0, 0.05) is 17.5 Å². The van der Waals surface area contributed by atoms with Crippen molar-refractivity contribution in [1.29, 1.82) is 0 Å². The highest BCUT2D eigenvalue weighted by Gasteiger charge is 2.43. The van der Waals surface area contributed by atoms with E-state index in [4.69, 9.17) is 9.47 Å². The molecule has 0 N–H and O–H groups in total. The van der Waals surface area contributed by atoms with Crippen LogP contribution in [0.15, 0.2) is 0 Å². The number of likely N-dealkylation sites (tertiary alicyclic amines) is 1. The number of hydrogen-bond acceptors (Lipinski definition) is 4. The van der Waals surface area contributed by atoms with Crippen molar-refractivity contribution in [1.82, 2.24) is 4.90 Å². The van der Waals surface area contributed by atoms with Crippen molar-refractivity contribution >= 4 is 34.7 Å². The van der Waals surface area contributed by atoms with Crippen molar-refractivity contribution < 1.29 is 19.1 Å². The van der Waals surface area contributed by atoms with E-state index in [1.54, 1.807) is 4.90 Å². The topological polar surface area (TPSA) is 55.8 Å². The van der Waals surface area contributed by atoms with Gasteiger partial charge >= 0.3 is 12.1 Å². The van der Waals surface area contributed by atoms with Gasteiger partial charge in [-0.25, -0.2) is 4.79 Å². The van der Waals surface area contributed by atoms with Crippen LogP contribution >= 0.6 is 22.6 Å². The number of nitrogens with zero attached hydrogens (tertiary/aromatic N) is 1. The average molecular weight is 383 g/mol. The molecule has 0 aromatic carbocycles. The molecule has 0 spiro atoms. The Morgan fingerprint density at radius 3 is 2.32 bits per heavy atom. The van der Waals surface area contributed by atoms with Crippen molar-refractivity contribution in [3.63, 3.8) is 0 Å². The first kappa shape index (κ1) is 16.5. The lowest BCUT2D eigenvalue weighted by molar-refractivity contribution is -0.156.